The van der Waals surface area contributed by atoms with Crippen LogP contribution < -0.4 is 5.32 Å². The number of pyridine rings is 1. The predicted octanol–water partition coefficient (Wildman–Crippen LogP) is 2.01. The molecule has 0 unspecified atom stereocenters. The fraction of sp³-hybridized carbons (Fsp3) is 0.500. The highest BCUT2D eigenvalue weighted by Crippen LogP contribution is 2.27. The van der Waals surface area contributed by atoms with E-state index in [0.717, 1.165) is 18.7 Å². The van der Waals surface area contributed by atoms with Gasteiger partial charge >= 0.3 is 0 Å². The summed E-state index contributed by atoms with van der Waals surface area (Å²) >= 11 is 0. The first-order valence-corrected chi connectivity index (χ1v) is 5.46. The number of hydrogen-bond donors (Lipinski definition) is 1. The summed E-state index contributed by atoms with van der Waals surface area (Å²) in [5.41, 5.74) is 0.166. The van der Waals surface area contributed by atoms with E-state index in [1.807, 2.05) is 6.07 Å². The molecule has 0 aromatic carbocycles. The van der Waals surface area contributed by atoms with Gasteiger partial charge in [0.25, 0.3) is 0 Å². The molecular weight excluding hydrogens is 241 g/mol. The molecule has 1 aliphatic rings. The summed E-state index contributed by atoms with van der Waals surface area (Å²) in [6, 6.07) is 3.74. The Morgan fingerprint density at radius 3 is 2.76 bits per heavy atom. The van der Waals surface area contributed by atoms with E-state index in [9.17, 15) is 4.39 Å². The van der Waals surface area contributed by atoms with Crippen LogP contribution in [0, 0.1) is 11.3 Å². The van der Waals surface area contributed by atoms with E-state index in [1.165, 1.54) is 6.20 Å². The van der Waals surface area contributed by atoms with E-state index in [-0.39, 0.29) is 12.4 Å². The first-order valence-electron chi connectivity index (χ1n) is 5.46. The molecule has 92 valence electrons. The van der Waals surface area contributed by atoms with Gasteiger partial charge in [-0.05, 0) is 37.6 Å². The molecule has 0 amide bonds. The van der Waals surface area contributed by atoms with Gasteiger partial charge in [-0.1, -0.05) is 0 Å². The molecule has 1 aromatic rings. The lowest BCUT2D eigenvalue weighted by molar-refractivity contribution is 0.116. The molecule has 0 aliphatic carbocycles. The molecular formula is C12H15ClFN3. The van der Waals surface area contributed by atoms with Crippen LogP contribution in [0.25, 0.3) is 0 Å². The number of hydrogen-bond acceptors (Lipinski definition) is 3. The van der Waals surface area contributed by atoms with Crippen LogP contribution >= 0.6 is 12.4 Å². The van der Waals surface area contributed by atoms with Crippen LogP contribution in [-0.2, 0) is 6.42 Å². The van der Waals surface area contributed by atoms with Crippen LogP contribution in [0.3, 0.4) is 0 Å². The number of halogens is 2. The molecule has 0 bridgehead atoms. The van der Waals surface area contributed by atoms with Crippen LogP contribution in [0.2, 0.25) is 0 Å². The monoisotopic (exact) mass is 255 g/mol. The summed E-state index contributed by atoms with van der Waals surface area (Å²) in [5, 5.41) is 11.9. The molecule has 2 heterocycles. The molecule has 1 aliphatic heterocycles. The summed E-state index contributed by atoms with van der Waals surface area (Å²) in [4.78, 5) is 3.95. The van der Waals surface area contributed by atoms with E-state index in [0.29, 0.717) is 24.8 Å². The smallest absolute Gasteiger partial charge is 0.117 e. The van der Waals surface area contributed by atoms with Gasteiger partial charge in [-0.2, -0.15) is 5.26 Å². The second kappa shape index (κ2) is 5.95. The molecule has 2 rings (SSSR count). The van der Waals surface area contributed by atoms with Crippen molar-refractivity contribution < 1.29 is 4.39 Å². The Hall–Kier alpha value is -1.18. The highest BCUT2D eigenvalue weighted by Gasteiger charge is 2.31. The van der Waals surface area contributed by atoms with Crippen LogP contribution in [0.5, 0.6) is 0 Å². The fourth-order valence-electron chi connectivity index (χ4n) is 2.06. The highest BCUT2D eigenvalue weighted by atomic mass is 35.5. The van der Waals surface area contributed by atoms with Crippen LogP contribution in [0.1, 0.15) is 24.0 Å². The Morgan fingerprint density at radius 1 is 1.41 bits per heavy atom. The van der Waals surface area contributed by atoms with Crippen molar-refractivity contribution in [2.24, 2.45) is 0 Å². The molecule has 1 aromatic heterocycles. The molecule has 3 nitrogen and oxygen atoms in total. The van der Waals surface area contributed by atoms with Gasteiger partial charge in [0.2, 0.25) is 0 Å². The SMILES string of the molecule is Cl.N#Cc1cncc(CC2(F)CCNCC2)c1. The molecule has 0 saturated carbocycles. The van der Waals surface area contributed by atoms with Crippen molar-refractivity contribution in [2.75, 3.05) is 13.1 Å². The number of aromatic nitrogens is 1. The number of rotatable bonds is 2. The van der Waals surface area contributed by atoms with Gasteiger partial charge < -0.3 is 5.32 Å². The van der Waals surface area contributed by atoms with E-state index in [1.54, 1.807) is 12.3 Å². The number of alkyl halides is 1. The van der Waals surface area contributed by atoms with Gasteiger partial charge in [0.1, 0.15) is 11.7 Å². The second-order valence-electron chi connectivity index (χ2n) is 4.27. The maximum Gasteiger partial charge on any atom is 0.117 e. The zero-order valence-electron chi connectivity index (χ0n) is 9.45. The van der Waals surface area contributed by atoms with Gasteiger partial charge in [0.15, 0.2) is 0 Å². The molecule has 5 heteroatoms. The molecule has 17 heavy (non-hydrogen) atoms. The van der Waals surface area contributed by atoms with E-state index in [2.05, 4.69) is 10.3 Å². The lowest BCUT2D eigenvalue weighted by Gasteiger charge is -2.30. The minimum Gasteiger partial charge on any atom is -0.316 e. The first-order chi connectivity index (χ1) is 7.72. The summed E-state index contributed by atoms with van der Waals surface area (Å²) in [6.07, 6.45) is 4.56. The van der Waals surface area contributed by atoms with Crippen LogP contribution in [0.4, 0.5) is 4.39 Å². The Morgan fingerprint density at radius 2 is 2.12 bits per heavy atom. The first kappa shape index (κ1) is 13.9. The standard InChI is InChI=1S/C12H14FN3.ClH/c13-12(1-3-15-4-2-12)6-10-5-11(7-14)9-16-8-10;/h5,8-9,15H,1-4,6H2;1H. The van der Waals surface area contributed by atoms with E-state index in [4.69, 9.17) is 5.26 Å². The van der Waals surface area contributed by atoms with E-state index >= 15 is 0 Å². The number of nitriles is 1. The van der Waals surface area contributed by atoms with Gasteiger partial charge in [0.05, 0.1) is 5.56 Å². The third-order valence-corrected chi connectivity index (χ3v) is 2.94. The zero-order chi connectivity index (χ0) is 11.4. The number of nitrogens with one attached hydrogen (secondary N) is 1. The Kier molecular flexibility index (Phi) is 4.86. The third-order valence-electron chi connectivity index (χ3n) is 2.94. The third kappa shape index (κ3) is 3.65. The van der Waals surface area contributed by atoms with Crippen LogP contribution in [0.15, 0.2) is 18.5 Å². The summed E-state index contributed by atoms with van der Waals surface area (Å²) in [7, 11) is 0. The van der Waals surface area contributed by atoms with Crippen LogP contribution in [-0.4, -0.2) is 23.7 Å². The Bertz CT molecular complexity index is 410. The molecule has 1 saturated heterocycles. The van der Waals surface area contributed by atoms with Crippen molar-refractivity contribution in [2.45, 2.75) is 24.9 Å². The molecule has 0 spiro atoms. The normalized spacial score (nSPS) is 17.9. The average Bonchev–Trinajstić information content (AvgIpc) is 2.29. The largest absolute Gasteiger partial charge is 0.316 e. The minimum atomic E-state index is -1.14. The lowest BCUT2D eigenvalue weighted by atomic mass is 9.88. The molecule has 1 fully saturated rings. The fourth-order valence-corrected chi connectivity index (χ4v) is 2.06. The summed E-state index contributed by atoms with van der Waals surface area (Å²) < 4.78 is 14.3. The Labute approximate surface area is 106 Å². The van der Waals surface area contributed by atoms with Gasteiger partial charge in [-0.25, -0.2) is 4.39 Å². The summed E-state index contributed by atoms with van der Waals surface area (Å²) in [6.45, 7) is 1.45. The van der Waals surface area contributed by atoms with E-state index < -0.39 is 5.67 Å². The highest BCUT2D eigenvalue weighted by molar-refractivity contribution is 5.85. The Balaban J connectivity index is 0.00000144. The van der Waals surface area contributed by atoms with Crippen molar-refractivity contribution in [1.82, 2.24) is 10.3 Å². The maximum atomic E-state index is 14.3. The van der Waals surface area contributed by atoms with Gasteiger partial charge in [0, 0.05) is 18.8 Å². The van der Waals surface area contributed by atoms with Crippen molar-refractivity contribution in [1.29, 1.82) is 5.26 Å². The topological polar surface area (TPSA) is 48.7 Å². The quantitative estimate of drug-likeness (QED) is 0.880. The average molecular weight is 256 g/mol. The van der Waals surface area contributed by atoms with Gasteiger partial charge in [-0.3, -0.25) is 4.98 Å². The number of piperidine rings is 1. The van der Waals surface area contributed by atoms with Crippen molar-refractivity contribution in [3.8, 4) is 6.07 Å². The van der Waals surface area contributed by atoms with Crippen molar-refractivity contribution in [3.63, 3.8) is 0 Å². The molecule has 1 N–H and O–H groups in total. The molecule has 0 radical (unpaired) electrons. The number of nitrogens with zero attached hydrogens (tertiary/aromatic N) is 2. The zero-order valence-corrected chi connectivity index (χ0v) is 10.3. The second-order valence-corrected chi connectivity index (χ2v) is 4.27. The summed E-state index contributed by atoms with van der Waals surface area (Å²) in [5.74, 6) is 0. The minimum absolute atomic E-state index is 0. The van der Waals surface area contributed by atoms with Crippen molar-refractivity contribution >= 4 is 12.4 Å². The molecule has 0 atom stereocenters. The van der Waals surface area contributed by atoms with Gasteiger partial charge in [-0.15, -0.1) is 12.4 Å². The van der Waals surface area contributed by atoms with Crippen molar-refractivity contribution in [3.05, 3.63) is 29.6 Å². The lowest BCUT2D eigenvalue weighted by Crippen LogP contribution is -2.40. The predicted molar refractivity (Wildman–Crippen MR) is 65.8 cm³/mol. The maximum absolute atomic E-state index is 14.3.